The van der Waals surface area contributed by atoms with E-state index in [0.29, 0.717) is 5.56 Å². The molecule has 0 N–H and O–H groups in total. The van der Waals surface area contributed by atoms with E-state index in [1.807, 2.05) is 40.9 Å². The predicted molar refractivity (Wildman–Crippen MR) is 199 cm³/mol. The van der Waals surface area contributed by atoms with Gasteiger partial charge in [0.15, 0.2) is 0 Å². The lowest BCUT2D eigenvalue weighted by Crippen LogP contribution is -1.92. The van der Waals surface area contributed by atoms with Crippen LogP contribution in [0.3, 0.4) is 0 Å². The van der Waals surface area contributed by atoms with E-state index >= 15 is 0 Å². The van der Waals surface area contributed by atoms with E-state index in [9.17, 15) is 5.26 Å². The highest BCUT2D eigenvalue weighted by molar-refractivity contribution is 7.26. The summed E-state index contributed by atoms with van der Waals surface area (Å²) in [6, 6.07) is 56.6. The SMILES string of the molecule is N#Cc1c(-c2ccccc2)cccc1-c1cc(-c2ccc3c(c2)sc2ccccc23)cc(-c2cccc3sc4ccccc4c23)c1. The molecule has 2 heterocycles. The van der Waals surface area contributed by atoms with Crippen molar-refractivity contribution >= 4 is 63.0 Å². The normalized spacial score (nSPS) is 11.5. The minimum atomic E-state index is 0.691. The number of nitriles is 1. The Hall–Kier alpha value is -5.53. The molecule has 0 aliphatic heterocycles. The van der Waals surface area contributed by atoms with Gasteiger partial charge in [0.1, 0.15) is 6.07 Å². The molecule has 0 saturated carbocycles. The Kier molecular flexibility index (Phi) is 6.31. The molecule has 214 valence electrons. The van der Waals surface area contributed by atoms with Crippen LogP contribution in [0.15, 0.2) is 152 Å². The zero-order valence-electron chi connectivity index (χ0n) is 24.7. The third-order valence-electron chi connectivity index (χ3n) is 8.93. The second-order valence-corrected chi connectivity index (χ2v) is 13.8. The van der Waals surface area contributed by atoms with Gasteiger partial charge in [-0.05, 0) is 75.8 Å². The number of thiophene rings is 2. The Morgan fingerprint density at radius 3 is 1.74 bits per heavy atom. The number of benzene rings is 7. The Balaban J connectivity index is 1.32. The minimum absolute atomic E-state index is 0.691. The average molecular weight is 620 g/mol. The van der Waals surface area contributed by atoms with Gasteiger partial charge in [-0.3, -0.25) is 0 Å². The monoisotopic (exact) mass is 619 g/mol. The Morgan fingerprint density at radius 1 is 0.370 bits per heavy atom. The lowest BCUT2D eigenvalue weighted by molar-refractivity contribution is 1.47. The zero-order valence-corrected chi connectivity index (χ0v) is 26.3. The first-order valence-corrected chi connectivity index (χ1v) is 16.9. The van der Waals surface area contributed by atoms with Crippen LogP contribution in [-0.2, 0) is 0 Å². The summed E-state index contributed by atoms with van der Waals surface area (Å²) in [5.41, 5.74) is 9.32. The molecule has 0 bridgehead atoms. The second kappa shape index (κ2) is 10.8. The van der Waals surface area contributed by atoms with Crippen LogP contribution in [0.5, 0.6) is 0 Å². The van der Waals surface area contributed by atoms with Gasteiger partial charge < -0.3 is 0 Å². The van der Waals surface area contributed by atoms with Crippen LogP contribution in [0.1, 0.15) is 5.56 Å². The first-order chi connectivity index (χ1) is 22.7. The molecule has 0 amide bonds. The van der Waals surface area contributed by atoms with Gasteiger partial charge in [0, 0.05) is 51.5 Å². The summed E-state index contributed by atoms with van der Waals surface area (Å²) in [4.78, 5) is 0. The van der Waals surface area contributed by atoms with E-state index in [-0.39, 0.29) is 0 Å². The summed E-state index contributed by atoms with van der Waals surface area (Å²) >= 11 is 3.68. The van der Waals surface area contributed by atoms with Crippen molar-refractivity contribution in [2.24, 2.45) is 0 Å². The number of fused-ring (bicyclic) bond motifs is 6. The standard InChI is InChI=1S/C43H25NS2/c44-26-38-32(27-10-2-1-3-11-27)14-8-15-33(38)30-22-29(28-20-21-36-35-12-4-6-17-39(35)46-42(36)25-28)23-31(24-30)34-16-9-19-41-43(34)37-13-5-7-18-40(37)45-41/h1-25H. The number of hydrogen-bond acceptors (Lipinski definition) is 3. The van der Waals surface area contributed by atoms with E-state index < -0.39 is 0 Å². The van der Waals surface area contributed by atoms with Gasteiger partial charge in [-0.1, -0.05) is 109 Å². The summed E-state index contributed by atoms with van der Waals surface area (Å²) in [5.74, 6) is 0. The van der Waals surface area contributed by atoms with Crippen LogP contribution < -0.4 is 0 Å². The Labute approximate surface area is 274 Å². The van der Waals surface area contributed by atoms with Crippen molar-refractivity contribution in [2.75, 3.05) is 0 Å². The van der Waals surface area contributed by atoms with E-state index in [1.165, 1.54) is 51.5 Å². The van der Waals surface area contributed by atoms with Crippen molar-refractivity contribution in [3.63, 3.8) is 0 Å². The fourth-order valence-electron chi connectivity index (χ4n) is 6.80. The number of hydrogen-bond donors (Lipinski definition) is 0. The van der Waals surface area contributed by atoms with Crippen LogP contribution in [0.4, 0.5) is 0 Å². The topological polar surface area (TPSA) is 23.8 Å². The van der Waals surface area contributed by atoms with E-state index in [0.717, 1.165) is 33.4 Å². The van der Waals surface area contributed by atoms with Gasteiger partial charge in [-0.15, -0.1) is 22.7 Å². The van der Waals surface area contributed by atoms with Gasteiger partial charge in [0.25, 0.3) is 0 Å². The maximum atomic E-state index is 10.6. The summed E-state index contributed by atoms with van der Waals surface area (Å²) in [6.45, 7) is 0. The quantitative estimate of drug-likeness (QED) is 0.192. The molecular weight excluding hydrogens is 595 g/mol. The molecule has 9 rings (SSSR count). The third-order valence-corrected chi connectivity index (χ3v) is 11.2. The highest BCUT2D eigenvalue weighted by atomic mass is 32.1. The largest absolute Gasteiger partial charge is 0.192 e. The lowest BCUT2D eigenvalue weighted by Gasteiger charge is -2.15. The summed E-state index contributed by atoms with van der Waals surface area (Å²) < 4.78 is 5.15. The highest BCUT2D eigenvalue weighted by Gasteiger charge is 2.17. The summed E-state index contributed by atoms with van der Waals surface area (Å²) in [6.07, 6.45) is 0. The maximum absolute atomic E-state index is 10.6. The van der Waals surface area contributed by atoms with Crippen molar-refractivity contribution in [3.8, 4) is 50.6 Å². The average Bonchev–Trinajstić information content (AvgIpc) is 3.69. The minimum Gasteiger partial charge on any atom is -0.192 e. The maximum Gasteiger partial charge on any atom is 0.100 e. The van der Waals surface area contributed by atoms with Gasteiger partial charge >= 0.3 is 0 Å². The van der Waals surface area contributed by atoms with Crippen molar-refractivity contribution in [2.45, 2.75) is 0 Å². The van der Waals surface area contributed by atoms with Gasteiger partial charge in [0.05, 0.1) is 5.56 Å². The van der Waals surface area contributed by atoms with Crippen molar-refractivity contribution in [3.05, 3.63) is 157 Å². The van der Waals surface area contributed by atoms with E-state index in [1.54, 1.807) is 0 Å². The smallest absolute Gasteiger partial charge is 0.100 e. The fraction of sp³-hybridized carbons (Fsp3) is 0. The molecule has 0 aliphatic rings. The molecule has 0 atom stereocenters. The van der Waals surface area contributed by atoms with Crippen LogP contribution >= 0.6 is 22.7 Å². The molecule has 9 aromatic rings. The van der Waals surface area contributed by atoms with E-state index in [4.69, 9.17) is 0 Å². The summed E-state index contributed by atoms with van der Waals surface area (Å²) in [7, 11) is 0. The van der Waals surface area contributed by atoms with Crippen LogP contribution in [0, 0.1) is 11.3 Å². The first-order valence-electron chi connectivity index (χ1n) is 15.3. The molecule has 0 radical (unpaired) electrons. The van der Waals surface area contributed by atoms with E-state index in [2.05, 4.69) is 140 Å². The van der Waals surface area contributed by atoms with Crippen molar-refractivity contribution in [1.82, 2.24) is 0 Å². The van der Waals surface area contributed by atoms with Crippen LogP contribution in [-0.4, -0.2) is 0 Å². The van der Waals surface area contributed by atoms with Crippen LogP contribution in [0.2, 0.25) is 0 Å². The van der Waals surface area contributed by atoms with Gasteiger partial charge in [-0.25, -0.2) is 0 Å². The van der Waals surface area contributed by atoms with Crippen molar-refractivity contribution < 1.29 is 0 Å². The molecule has 0 aliphatic carbocycles. The van der Waals surface area contributed by atoms with Gasteiger partial charge in [-0.2, -0.15) is 5.26 Å². The number of nitrogens with zero attached hydrogens (tertiary/aromatic N) is 1. The lowest BCUT2D eigenvalue weighted by atomic mass is 9.88. The van der Waals surface area contributed by atoms with Crippen LogP contribution in [0.25, 0.3) is 84.9 Å². The molecule has 0 unspecified atom stereocenters. The molecule has 3 heteroatoms. The fourth-order valence-corrected chi connectivity index (χ4v) is 9.08. The first kappa shape index (κ1) is 26.8. The number of rotatable bonds is 4. The molecule has 1 nitrogen and oxygen atoms in total. The molecule has 46 heavy (non-hydrogen) atoms. The van der Waals surface area contributed by atoms with Crippen molar-refractivity contribution in [1.29, 1.82) is 5.26 Å². The zero-order chi connectivity index (χ0) is 30.6. The summed E-state index contributed by atoms with van der Waals surface area (Å²) in [5, 5.41) is 15.7. The van der Waals surface area contributed by atoms with Gasteiger partial charge in [0.2, 0.25) is 0 Å². The molecule has 0 saturated heterocycles. The Bertz CT molecular complexity index is 2650. The third kappa shape index (κ3) is 4.35. The predicted octanol–water partition coefficient (Wildman–Crippen LogP) is 13.0. The molecule has 0 spiro atoms. The second-order valence-electron chi connectivity index (χ2n) is 11.6. The molecule has 7 aromatic carbocycles. The Morgan fingerprint density at radius 2 is 0.935 bits per heavy atom. The molecular formula is C43H25NS2. The highest BCUT2D eigenvalue weighted by Crippen LogP contribution is 2.44. The molecule has 0 fully saturated rings. The molecule has 2 aromatic heterocycles.